The van der Waals surface area contributed by atoms with Gasteiger partial charge in [0.25, 0.3) is 0 Å². The first kappa shape index (κ1) is 12.7. The molecule has 0 aliphatic carbocycles. The van der Waals surface area contributed by atoms with Crippen molar-refractivity contribution in [2.24, 2.45) is 5.73 Å². The number of rotatable bonds is 4. The zero-order valence-corrected chi connectivity index (χ0v) is 8.53. The maximum Gasteiger partial charge on any atom is 0.320 e. The van der Waals surface area contributed by atoms with Gasteiger partial charge in [0.05, 0.1) is 4.92 Å². The number of hydrogen-bond donors (Lipinski definition) is 4. The summed E-state index contributed by atoms with van der Waals surface area (Å²) < 4.78 is 0. The highest BCUT2D eigenvalue weighted by molar-refractivity contribution is 5.73. The van der Waals surface area contributed by atoms with Gasteiger partial charge in [0, 0.05) is 6.07 Å². The predicted molar refractivity (Wildman–Crippen MR) is 55.7 cm³/mol. The number of benzene rings is 1. The van der Waals surface area contributed by atoms with Crippen LogP contribution < -0.4 is 5.73 Å². The van der Waals surface area contributed by atoms with Crippen LogP contribution in [0.4, 0.5) is 5.69 Å². The number of aromatic hydroxyl groups is 2. The molecule has 0 spiro atoms. The Balaban J connectivity index is 3.11. The van der Waals surface area contributed by atoms with Crippen LogP contribution in [0.3, 0.4) is 0 Å². The fraction of sp³-hybridized carbons (Fsp3) is 0.222. The third-order valence-electron chi connectivity index (χ3n) is 2.10. The SMILES string of the molecule is N[C@@H](Cc1cc(O)c(O)c([N+](=O)[O-])c1)C(=O)O. The van der Waals surface area contributed by atoms with Gasteiger partial charge < -0.3 is 21.1 Å². The van der Waals surface area contributed by atoms with Gasteiger partial charge in [0.1, 0.15) is 6.04 Å². The summed E-state index contributed by atoms with van der Waals surface area (Å²) in [5, 5.41) is 37.5. The Bertz CT molecular complexity index is 473. The van der Waals surface area contributed by atoms with E-state index >= 15 is 0 Å². The van der Waals surface area contributed by atoms with Crippen molar-refractivity contribution in [2.45, 2.75) is 12.5 Å². The van der Waals surface area contributed by atoms with Gasteiger partial charge in [-0.05, 0) is 18.1 Å². The molecule has 92 valence electrons. The van der Waals surface area contributed by atoms with Crippen LogP contribution in [0, 0.1) is 10.1 Å². The normalized spacial score (nSPS) is 12.1. The first-order chi connectivity index (χ1) is 7.82. The van der Waals surface area contributed by atoms with Crippen LogP contribution in [0.15, 0.2) is 12.1 Å². The van der Waals surface area contributed by atoms with Gasteiger partial charge in [-0.3, -0.25) is 14.9 Å². The Kier molecular flexibility index (Phi) is 3.49. The molecular formula is C9H10N2O6. The molecule has 5 N–H and O–H groups in total. The second-order valence-electron chi connectivity index (χ2n) is 3.39. The molecule has 0 amide bonds. The van der Waals surface area contributed by atoms with Gasteiger partial charge in [0.15, 0.2) is 5.75 Å². The molecule has 8 heteroatoms. The lowest BCUT2D eigenvalue weighted by atomic mass is 10.1. The molecule has 1 aromatic carbocycles. The largest absolute Gasteiger partial charge is 0.504 e. The summed E-state index contributed by atoms with van der Waals surface area (Å²) in [5.74, 6) is -2.81. The van der Waals surface area contributed by atoms with Crippen LogP contribution in [0.5, 0.6) is 11.5 Å². The maximum absolute atomic E-state index is 10.5. The molecule has 0 aromatic heterocycles. The van der Waals surface area contributed by atoms with Crippen molar-refractivity contribution in [2.75, 3.05) is 0 Å². The number of aliphatic carboxylic acids is 1. The maximum atomic E-state index is 10.5. The van der Waals surface area contributed by atoms with E-state index in [0.29, 0.717) is 0 Å². The van der Waals surface area contributed by atoms with Crippen LogP contribution in [0.25, 0.3) is 0 Å². The first-order valence-electron chi connectivity index (χ1n) is 4.50. The average molecular weight is 242 g/mol. The summed E-state index contributed by atoms with van der Waals surface area (Å²) in [4.78, 5) is 20.2. The zero-order chi connectivity index (χ0) is 13.2. The Morgan fingerprint density at radius 3 is 2.53 bits per heavy atom. The monoisotopic (exact) mass is 242 g/mol. The minimum atomic E-state index is -1.26. The van der Waals surface area contributed by atoms with Crippen molar-refractivity contribution in [3.05, 3.63) is 27.8 Å². The smallest absolute Gasteiger partial charge is 0.320 e. The standard InChI is InChI=1S/C9H10N2O6/c10-5(9(14)15)1-4-2-6(11(16)17)8(13)7(12)3-4/h2-3,5,12-13H,1,10H2,(H,14,15)/t5-/m0/s1. The molecule has 0 saturated heterocycles. The molecule has 1 aromatic rings. The van der Waals surface area contributed by atoms with E-state index in [4.69, 9.17) is 10.8 Å². The highest BCUT2D eigenvalue weighted by Gasteiger charge is 2.21. The minimum Gasteiger partial charge on any atom is -0.504 e. The van der Waals surface area contributed by atoms with Crippen LogP contribution in [-0.2, 0) is 11.2 Å². The number of nitrogens with two attached hydrogens (primary N) is 1. The lowest BCUT2D eigenvalue weighted by molar-refractivity contribution is -0.386. The van der Waals surface area contributed by atoms with E-state index in [1.165, 1.54) is 0 Å². The molecule has 0 aliphatic heterocycles. The van der Waals surface area contributed by atoms with Gasteiger partial charge in [-0.15, -0.1) is 0 Å². The molecule has 0 aliphatic rings. The lowest BCUT2D eigenvalue weighted by Crippen LogP contribution is -2.32. The molecule has 0 saturated carbocycles. The Morgan fingerprint density at radius 1 is 1.47 bits per heavy atom. The van der Waals surface area contributed by atoms with Crippen LogP contribution in [0.1, 0.15) is 5.56 Å². The summed E-state index contributed by atoms with van der Waals surface area (Å²) in [6, 6.07) is 0.766. The molecule has 0 fully saturated rings. The number of carboxylic acids is 1. The summed E-state index contributed by atoms with van der Waals surface area (Å²) >= 11 is 0. The minimum absolute atomic E-state index is 0.155. The van der Waals surface area contributed by atoms with Crippen LogP contribution in [-0.4, -0.2) is 32.3 Å². The van der Waals surface area contributed by atoms with E-state index in [1.807, 2.05) is 0 Å². The Hall–Kier alpha value is -2.35. The number of carboxylic acid groups (broad SMARTS) is 1. The van der Waals surface area contributed by atoms with Gasteiger partial charge in [-0.2, -0.15) is 0 Å². The third kappa shape index (κ3) is 2.82. The van der Waals surface area contributed by atoms with E-state index in [0.717, 1.165) is 12.1 Å². The second-order valence-corrected chi connectivity index (χ2v) is 3.39. The van der Waals surface area contributed by atoms with E-state index in [2.05, 4.69) is 0 Å². The number of hydrogen-bond acceptors (Lipinski definition) is 6. The first-order valence-corrected chi connectivity index (χ1v) is 4.50. The Morgan fingerprint density at radius 2 is 2.06 bits per heavy atom. The van der Waals surface area contributed by atoms with E-state index in [9.17, 15) is 25.1 Å². The predicted octanol–water partition coefficient (Wildman–Crippen LogP) is -0.0396. The summed E-state index contributed by atoms with van der Waals surface area (Å²) in [7, 11) is 0. The highest BCUT2D eigenvalue weighted by Crippen LogP contribution is 2.36. The Labute approximate surface area is 95.1 Å². The second kappa shape index (κ2) is 4.66. The molecule has 8 nitrogen and oxygen atoms in total. The van der Waals surface area contributed by atoms with Crippen molar-refractivity contribution in [1.29, 1.82) is 0 Å². The molecule has 0 radical (unpaired) electrons. The zero-order valence-electron chi connectivity index (χ0n) is 8.53. The number of phenols is 2. The molecule has 1 atom stereocenters. The lowest BCUT2D eigenvalue weighted by Gasteiger charge is -2.07. The van der Waals surface area contributed by atoms with Crippen molar-refractivity contribution in [3.63, 3.8) is 0 Å². The molecule has 1 rings (SSSR count). The average Bonchev–Trinajstić information content (AvgIpc) is 2.22. The fourth-order valence-electron chi connectivity index (χ4n) is 1.26. The van der Waals surface area contributed by atoms with Crippen LogP contribution in [0.2, 0.25) is 0 Å². The van der Waals surface area contributed by atoms with E-state index in [1.54, 1.807) is 0 Å². The molecule has 17 heavy (non-hydrogen) atoms. The van der Waals surface area contributed by atoms with Gasteiger partial charge in [-0.25, -0.2) is 0 Å². The quantitative estimate of drug-likeness (QED) is 0.329. The molecule has 0 bridgehead atoms. The molecule has 0 heterocycles. The number of nitrogens with zero attached hydrogens (tertiary/aromatic N) is 1. The molecule has 0 unspecified atom stereocenters. The topological polar surface area (TPSA) is 147 Å². The van der Waals surface area contributed by atoms with Crippen molar-refractivity contribution in [1.82, 2.24) is 0 Å². The van der Waals surface area contributed by atoms with Crippen molar-refractivity contribution >= 4 is 11.7 Å². The number of carbonyl (C=O) groups is 1. The third-order valence-corrected chi connectivity index (χ3v) is 2.10. The van der Waals surface area contributed by atoms with Gasteiger partial charge >= 0.3 is 11.7 Å². The number of nitro groups is 1. The summed E-state index contributed by atoms with van der Waals surface area (Å²) in [5.41, 5.74) is 4.71. The van der Waals surface area contributed by atoms with Gasteiger partial charge in [0.2, 0.25) is 5.75 Å². The van der Waals surface area contributed by atoms with Crippen LogP contribution >= 0.6 is 0 Å². The van der Waals surface area contributed by atoms with E-state index in [-0.39, 0.29) is 12.0 Å². The summed E-state index contributed by atoms with van der Waals surface area (Å²) in [6.07, 6.45) is -0.190. The number of nitro benzene ring substituents is 1. The molecular weight excluding hydrogens is 232 g/mol. The highest BCUT2D eigenvalue weighted by atomic mass is 16.6. The summed E-state index contributed by atoms with van der Waals surface area (Å²) in [6.45, 7) is 0. The van der Waals surface area contributed by atoms with Crippen molar-refractivity contribution < 1.29 is 25.0 Å². The van der Waals surface area contributed by atoms with E-state index < -0.39 is 34.1 Å². The van der Waals surface area contributed by atoms with Gasteiger partial charge in [-0.1, -0.05) is 0 Å². The number of phenolic OH excluding ortho intramolecular Hbond substituents is 2. The van der Waals surface area contributed by atoms with Crippen molar-refractivity contribution in [3.8, 4) is 11.5 Å². The fourth-order valence-corrected chi connectivity index (χ4v) is 1.26.